The van der Waals surface area contributed by atoms with Gasteiger partial charge in [-0.2, -0.15) is 0 Å². The fourth-order valence-corrected chi connectivity index (χ4v) is 2.67. The highest BCUT2D eigenvalue weighted by molar-refractivity contribution is 6.30. The molecule has 0 radical (unpaired) electrons. The Bertz CT molecular complexity index is 783. The lowest BCUT2D eigenvalue weighted by Crippen LogP contribution is -2.28. The standard InChI is InChI=1S/C19H16ClNO4/c20-16-7-3-14(4-8-16)12-25-19(24)15-5-1-13(2-6-15)11-21-17(22)9-10-18(21)23/h1-8H,9-12H2. The van der Waals surface area contributed by atoms with Gasteiger partial charge in [-0.3, -0.25) is 14.5 Å². The van der Waals surface area contributed by atoms with E-state index in [0.717, 1.165) is 11.1 Å². The molecule has 0 aromatic heterocycles. The molecule has 25 heavy (non-hydrogen) atoms. The number of nitrogens with zero attached hydrogens (tertiary/aromatic N) is 1. The van der Waals surface area contributed by atoms with E-state index in [2.05, 4.69) is 0 Å². The van der Waals surface area contributed by atoms with Gasteiger partial charge >= 0.3 is 5.97 Å². The summed E-state index contributed by atoms with van der Waals surface area (Å²) in [5, 5.41) is 0.626. The average Bonchev–Trinajstić information content (AvgIpc) is 2.93. The Kier molecular flexibility index (Phi) is 5.14. The summed E-state index contributed by atoms with van der Waals surface area (Å²) in [5.41, 5.74) is 2.05. The molecular weight excluding hydrogens is 342 g/mol. The molecule has 0 N–H and O–H groups in total. The predicted octanol–water partition coefficient (Wildman–Crippen LogP) is 3.35. The third kappa shape index (κ3) is 4.25. The summed E-state index contributed by atoms with van der Waals surface area (Å²) in [6.07, 6.45) is 0.544. The number of benzene rings is 2. The Morgan fingerprint density at radius 3 is 2.08 bits per heavy atom. The van der Waals surface area contributed by atoms with Gasteiger partial charge < -0.3 is 4.74 Å². The van der Waals surface area contributed by atoms with Crippen LogP contribution in [-0.2, 0) is 27.5 Å². The van der Waals surface area contributed by atoms with Crippen LogP contribution in [0.2, 0.25) is 5.02 Å². The van der Waals surface area contributed by atoms with Crippen molar-refractivity contribution in [2.45, 2.75) is 26.0 Å². The number of hydrogen-bond donors (Lipinski definition) is 0. The molecule has 1 aliphatic rings. The third-order valence-electron chi connectivity index (χ3n) is 3.97. The zero-order valence-corrected chi connectivity index (χ0v) is 14.2. The van der Waals surface area contributed by atoms with E-state index in [1.807, 2.05) is 0 Å². The van der Waals surface area contributed by atoms with E-state index in [1.54, 1.807) is 48.5 Å². The van der Waals surface area contributed by atoms with Crippen LogP contribution in [0.1, 0.15) is 34.3 Å². The maximum Gasteiger partial charge on any atom is 0.338 e. The van der Waals surface area contributed by atoms with Crippen molar-refractivity contribution in [1.82, 2.24) is 4.90 Å². The summed E-state index contributed by atoms with van der Waals surface area (Å²) < 4.78 is 5.26. The molecule has 0 spiro atoms. The highest BCUT2D eigenvalue weighted by Gasteiger charge is 2.28. The quantitative estimate of drug-likeness (QED) is 0.608. The molecule has 1 fully saturated rings. The van der Waals surface area contributed by atoms with E-state index in [1.165, 1.54) is 4.90 Å². The largest absolute Gasteiger partial charge is 0.457 e. The zero-order chi connectivity index (χ0) is 17.8. The number of amides is 2. The topological polar surface area (TPSA) is 63.7 Å². The Balaban J connectivity index is 1.57. The van der Waals surface area contributed by atoms with E-state index >= 15 is 0 Å². The molecule has 0 bridgehead atoms. The number of hydrogen-bond acceptors (Lipinski definition) is 4. The van der Waals surface area contributed by atoms with Gasteiger partial charge in [0.15, 0.2) is 0 Å². The molecule has 2 amide bonds. The van der Waals surface area contributed by atoms with Gasteiger partial charge in [-0.05, 0) is 35.4 Å². The smallest absolute Gasteiger partial charge is 0.338 e. The molecule has 1 saturated heterocycles. The highest BCUT2D eigenvalue weighted by atomic mass is 35.5. The van der Waals surface area contributed by atoms with Crippen LogP contribution >= 0.6 is 11.6 Å². The monoisotopic (exact) mass is 357 g/mol. The lowest BCUT2D eigenvalue weighted by molar-refractivity contribution is -0.139. The van der Waals surface area contributed by atoms with E-state index < -0.39 is 5.97 Å². The lowest BCUT2D eigenvalue weighted by atomic mass is 10.1. The number of carbonyl (C=O) groups is 3. The fraction of sp³-hybridized carbons (Fsp3) is 0.211. The number of esters is 1. The van der Waals surface area contributed by atoms with Crippen LogP contribution in [0.3, 0.4) is 0 Å². The molecule has 5 nitrogen and oxygen atoms in total. The van der Waals surface area contributed by atoms with Gasteiger partial charge in [-0.1, -0.05) is 35.9 Å². The molecule has 2 aromatic carbocycles. The summed E-state index contributed by atoms with van der Waals surface area (Å²) in [6, 6.07) is 13.8. The molecule has 128 valence electrons. The van der Waals surface area contributed by atoms with Crippen molar-refractivity contribution in [2.75, 3.05) is 0 Å². The maximum absolute atomic E-state index is 12.1. The minimum atomic E-state index is -0.435. The maximum atomic E-state index is 12.1. The number of likely N-dealkylation sites (tertiary alicyclic amines) is 1. The first-order chi connectivity index (χ1) is 12.0. The van der Waals surface area contributed by atoms with Gasteiger partial charge in [0.2, 0.25) is 11.8 Å². The van der Waals surface area contributed by atoms with Gasteiger partial charge in [-0.25, -0.2) is 4.79 Å². The second kappa shape index (κ2) is 7.49. The van der Waals surface area contributed by atoms with Gasteiger partial charge in [0.1, 0.15) is 6.61 Å². The number of rotatable bonds is 5. The highest BCUT2D eigenvalue weighted by Crippen LogP contribution is 2.17. The second-order valence-corrected chi connectivity index (χ2v) is 6.21. The first-order valence-corrected chi connectivity index (χ1v) is 8.24. The van der Waals surface area contributed by atoms with Gasteiger partial charge in [0, 0.05) is 17.9 Å². The Hall–Kier alpha value is -2.66. The number of ether oxygens (including phenoxy) is 1. The SMILES string of the molecule is O=C(OCc1ccc(Cl)cc1)c1ccc(CN2C(=O)CCC2=O)cc1. The zero-order valence-electron chi connectivity index (χ0n) is 13.4. The summed E-state index contributed by atoms with van der Waals surface area (Å²) in [5.74, 6) is -0.747. The van der Waals surface area contributed by atoms with Gasteiger partial charge in [0.25, 0.3) is 0 Å². The third-order valence-corrected chi connectivity index (χ3v) is 4.22. The Labute approximate surface area is 150 Å². The minimum absolute atomic E-state index is 0.156. The van der Waals surface area contributed by atoms with Gasteiger partial charge in [-0.15, -0.1) is 0 Å². The van der Waals surface area contributed by atoms with Crippen molar-refractivity contribution in [3.8, 4) is 0 Å². The Morgan fingerprint density at radius 2 is 1.48 bits per heavy atom. The molecule has 1 heterocycles. The molecule has 3 rings (SSSR count). The van der Waals surface area contributed by atoms with Crippen LogP contribution in [0.15, 0.2) is 48.5 Å². The van der Waals surface area contributed by atoms with Crippen LogP contribution in [0.25, 0.3) is 0 Å². The average molecular weight is 358 g/mol. The minimum Gasteiger partial charge on any atom is -0.457 e. The predicted molar refractivity (Wildman–Crippen MR) is 91.8 cm³/mol. The molecule has 0 aliphatic carbocycles. The molecule has 6 heteroatoms. The van der Waals surface area contributed by atoms with Crippen molar-refractivity contribution in [1.29, 1.82) is 0 Å². The summed E-state index contributed by atoms with van der Waals surface area (Å²) in [7, 11) is 0. The number of imide groups is 1. The van der Waals surface area contributed by atoms with Crippen LogP contribution < -0.4 is 0 Å². The first kappa shape index (κ1) is 17.2. The lowest BCUT2D eigenvalue weighted by Gasteiger charge is -2.13. The summed E-state index contributed by atoms with van der Waals surface area (Å²) in [6.45, 7) is 0.395. The van der Waals surface area contributed by atoms with Crippen LogP contribution in [0.4, 0.5) is 0 Å². The molecular formula is C19H16ClNO4. The molecule has 0 unspecified atom stereocenters. The van der Waals surface area contributed by atoms with Crippen LogP contribution in [0, 0.1) is 0 Å². The molecule has 0 atom stereocenters. The number of halogens is 1. The van der Waals surface area contributed by atoms with E-state index in [4.69, 9.17) is 16.3 Å². The summed E-state index contributed by atoms with van der Waals surface area (Å²) >= 11 is 5.81. The molecule has 2 aromatic rings. The van der Waals surface area contributed by atoms with E-state index in [-0.39, 0.29) is 37.8 Å². The van der Waals surface area contributed by atoms with Crippen molar-refractivity contribution < 1.29 is 19.1 Å². The first-order valence-electron chi connectivity index (χ1n) is 7.86. The number of carbonyl (C=O) groups excluding carboxylic acids is 3. The normalized spacial score (nSPS) is 14.0. The van der Waals surface area contributed by atoms with E-state index in [9.17, 15) is 14.4 Å². The van der Waals surface area contributed by atoms with Crippen LogP contribution in [-0.4, -0.2) is 22.7 Å². The van der Waals surface area contributed by atoms with Crippen molar-refractivity contribution in [3.63, 3.8) is 0 Å². The Morgan fingerprint density at radius 1 is 0.920 bits per heavy atom. The van der Waals surface area contributed by atoms with E-state index in [0.29, 0.717) is 10.6 Å². The molecule has 1 aliphatic heterocycles. The van der Waals surface area contributed by atoms with Crippen molar-refractivity contribution in [3.05, 3.63) is 70.2 Å². The van der Waals surface area contributed by atoms with Crippen LogP contribution in [0.5, 0.6) is 0 Å². The van der Waals surface area contributed by atoms with Crippen molar-refractivity contribution in [2.24, 2.45) is 0 Å². The summed E-state index contributed by atoms with van der Waals surface area (Å²) in [4.78, 5) is 36.6. The molecule has 0 saturated carbocycles. The van der Waals surface area contributed by atoms with Gasteiger partial charge in [0.05, 0.1) is 12.1 Å². The van der Waals surface area contributed by atoms with Crippen molar-refractivity contribution >= 4 is 29.4 Å². The second-order valence-electron chi connectivity index (χ2n) is 5.77. The fourth-order valence-electron chi connectivity index (χ4n) is 2.54.